The molecule has 5 heteroatoms. The van der Waals surface area contributed by atoms with Gasteiger partial charge in [-0.15, -0.1) is 11.8 Å². The zero-order chi connectivity index (χ0) is 22.9. The standard InChI is InChI=1S/C27H36FN3S/c1-5-6-15-31-25(18-29-27(31)23-8-7-9-24(28)17-23)20-30(16-14-21(2)3)19-22-10-12-26(32-4)13-11-22/h7-13,17-18,21H,5-6,14-16,19-20H2,1-4H3. The lowest BCUT2D eigenvalue weighted by Crippen LogP contribution is -2.26. The van der Waals surface area contributed by atoms with Crippen LogP contribution in [0.5, 0.6) is 0 Å². The molecular formula is C27H36FN3S. The van der Waals surface area contributed by atoms with Gasteiger partial charge in [0.15, 0.2) is 0 Å². The van der Waals surface area contributed by atoms with Gasteiger partial charge in [0.2, 0.25) is 0 Å². The first-order valence-corrected chi connectivity index (χ1v) is 12.9. The molecule has 0 amide bonds. The molecule has 3 rings (SSSR count). The summed E-state index contributed by atoms with van der Waals surface area (Å²) in [5, 5.41) is 0. The monoisotopic (exact) mass is 453 g/mol. The van der Waals surface area contributed by atoms with Crippen LogP contribution < -0.4 is 0 Å². The van der Waals surface area contributed by atoms with E-state index in [0.29, 0.717) is 5.92 Å². The lowest BCUT2D eigenvalue weighted by atomic mass is 10.1. The Hall–Kier alpha value is -2.11. The molecule has 1 heterocycles. The van der Waals surface area contributed by atoms with Crippen LogP contribution in [0, 0.1) is 11.7 Å². The van der Waals surface area contributed by atoms with E-state index in [1.165, 1.54) is 22.2 Å². The van der Waals surface area contributed by atoms with E-state index in [2.05, 4.69) is 60.8 Å². The van der Waals surface area contributed by atoms with Crippen molar-refractivity contribution < 1.29 is 4.39 Å². The van der Waals surface area contributed by atoms with Gasteiger partial charge >= 0.3 is 0 Å². The fourth-order valence-electron chi connectivity index (χ4n) is 3.83. The number of benzene rings is 2. The van der Waals surface area contributed by atoms with Crippen LogP contribution in [-0.2, 0) is 19.6 Å². The first-order chi connectivity index (χ1) is 15.5. The first-order valence-electron chi connectivity index (χ1n) is 11.7. The summed E-state index contributed by atoms with van der Waals surface area (Å²) in [6, 6.07) is 15.7. The summed E-state index contributed by atoms with van der Waals surface area (Å²) in [4.78, 5) is 8.53. The van der Waals surface area contributed by atoms with Crippen molar-refractivity contribution in [3.63, 3.8) is 0 Å². The summed E-state index contributed by atoms with van der Waals surface area (Å²) < 4.78 is 16.2. The normalized spacial score (nSPS) is 11.6. The molecular weight excluding hydrogens is 417 g/mol. The van der Waals surface area contributed by atoms with Crippen molar-refractivity contribution in [2.45, 2.75) is 64.6 Å². The molecule has 172 valence electrons. The van der Waals surface area contributed by atoms with Gasteiger partial charge < -0.3 is 4.57 Å². The lowest BCUT2D eigenvalue weighted by molar-refractivity contribution is 0.235. The third-order valence-electron chi connectivity index (χ3n) is 5.73. The van der Waals surface area contributed by atoms with Crippen molar-refractivity contribution in [1.82, 2.24) is 14.5 Å². The highest BCUT2D eigenvalue weighted by Crippen LogP contribution is 2.24. The molecule has 0 aliphatic heterocycles. The second-order valence-corrected chi connectivity index (χ2v) is 9.71. The van der Waals surface area contributed by atoms with Crippen molar-refractivity contribution in [2.75, 3.05) is 12.8 Å². The van der Waals surface area contributed by atoms with Gasteiger partial charge in [-0.2, -0.15) is 0 Å². The summed E-state index contributed by atoms with van der Waals surface area (Å²) >= 11 is 1.77. The number of unbranched alkanes of at least 4 members (excludes halogenated alkanes) is 1. The number of hydrogen-bond acceptors (Lipinski definition) is 3. The van der Waals surface area contributed by atoms with E-state index < -0.39 is 0 Å². The molecule has 0 spiro atoms. The van der Waals surface area contributed by atoms with Crippen LogP contribution in [-0.4, -0.2) is 27.3 Å². The van der Waals surface area contributed by atoms with Gasteiger partial charge in [0.1, 0.15) is 11.6 Å². The van der Waals surface area contributed by atoms with Crippen molar-refractivity contribution in [1.29, 1.82) is 0 Å². The molecule has 0 saturated carbocycles. The predicted molar refractivity (Wildman–Crippen MR) is 134 cm³/mol. The van der Waals surface area contributed by atoms with Crippen LogP contribution in [0.4, 0.5) is 4.39 Å². The quantitative estimate of drug-likeness (QED) is 0.269. The lowest BCUT2D eigenvalue weighted by Gasteiger charge is -2.24. The van der Waals surface area contributed by atoms with Crippen molar-refractivity contribution in [2.24, 2.45) is 5.92 Å². The number of aromatic nitrogens is 2. The molecule has 0 aliphatic rings. The molecule has 3 nitrogen and oxygen atoms in total. The van der Waals surface area contributed by atoms with Crippen LogP contribution in [0.2, 0.25) is 0 Å². The molecule has 0 atom stereocenters. The summed E-state index contributed by atoms with van der Waals surface area (Å²) in [6.07, 6.45) is 7.43. The largest absolute Gasteiger partial charge is 0.327 e. The number of thioether (sulfide) groups is 1. The Labute approximate surface area is 197 Å². The molecule has 3 aromatic rings. The minimum absolute atomic E-state index is 0.221. The Kier molecular flexibility index (Phi) is 9.36. The third kappa shape index (κ3) is 6.94. The number of halogens is 1. The van der Waals surface area contributed by atoms with Crippen molar-refractivity contribution in [3.8, 4) is 11.4 Å². The maximum atomic E-state index is 13.9. The fraction of sp³-hybridized carbons (Fsp3) is 0.444. The number of rotatable bonds is 12. The van der Waals surface area contributed by atoms with Gasteiger partial charge in [0, 0.05) is 30.1 Å². The van der Waals surface area contributed by atoms with Crippen LogP contribution in [0.3, 0.4) is 0 Å². The van der Waals surface area contributed by atoms with Crippen LogP contribution in [0.25, 0.3) is 11.4 Å². The van der Waals surface area contributed by atoms with E-state index >= 15 is 0 Å². The van der Waals surface area contributed by atoms with Crippen LogP contribution >= 0.6 is 11.8 Å². The van der Waals surface area contributed by atoms with E-state index in [9.17, 15) is 4.39 Å². The molecule has 2 aromatic carbocycles. The minimum atomic E-state index is -0.221. The van der Waals surface area contributed by atoms with Crippen LogP contribution in [0.15, 0.2) is 59.6 Å². The average Bonchev–Trinajstić information content (AvgIpc) is 3.18. The second-order valence-electron chi connectivity index (χ2n) is 8.83. The number of nitrogens with zero attached hydrogens (tertiary/aromatic N) is 3. The molecule has 0 fully saturated rings. The van der Waals surface area contributed by atoms with Crippen molar-refractivity contribution in [3.05, 3.63) is 71.8 Å². The topological polar surface area (TPSA) is 21.1 Å². The van der Waals surface area contributed by atoms with Crippen molar-refractivity contribution >= 4 is 11.8 Å². The van der Waals surface area contributed by atoms with E-state index in [-0.39, 0.29) is 5.82 Å². The maximum absolute atomic E-state index is 13.9. The highest BCUT2D eigenvalue weighted by molar-refractivity contribution is 7.98. The predicted octanol–water partition coefficient (Wildman–Crippen LogP) is 7.26. The zero-order valence-electron chi connectivity index (χ0n) is 19.9. The summed E-state index contributed by atoms with van der Waals surface area (Å²) in [5.41, 5.74) is 3.37. The molecule has 0 bridgehead atoms. The van der Waals surface area contributed by atoms with E-state index in [1.54, 1.807) is 23.9 Å². The molecule has 0 aliphatic carbocycles. The number of imidazole rings is 1. The Morgan fingerprint density at radius 1 is 1.09 bits per heavy atom. The Bertz CT molecular complexity index is 965. The average molecular weight is 454 g/mol. The molecule has 0 radical (unpaired) electrons. The van der Waals surface area contributed by atoms with Gasteiger partial charge in [-0.3, -0.25) is 4.90 Å². The maximum Gasteiger partial charge on any atom is 0.140 e. The van der Waals surface area contributed by atoms with E-state index in [0.717, 1.165) is 56.8 Å². The molecule has 0 saturated heterocycles. The highest BCUT2D eigenvalue weighted by Gasteiger charge is 2.16. The molecule has 0 N–H and O–H groups in total. The molecule has 0 unspecified atom stereocenters. The first kappa shape index (κ1) is 24.5. The van der Waals surface area contributed by atoms with Gasteiger partial charge in [-0.25, -0.2) is 9.37 Å². The van der Waals surface area contributed by atoms with E-state index in [4.69, 9.17) is 4.98 Å². The van der Waals surface area contributed by atoms with Crippen LogP contribution in [0.1, 0.15) is 51.3 Å². The summed E-state index contributed by atoms with van der Waals surface area (Å²) in [6.45, 7) is 10.4. The fourth-order valence-corrected chi connectivity index (χ4v) is 4.24. The molecule has 1 aromatic heterocycles. The van der Waals surface area contributed by atoms with E-state index in [1.807, 2.05) is 12.3 Å². The van der Waals surface area contributed by atoms with Gasteiger partial charge in [-0.05, 0) is 61.4 Å². The highest BCUT2D eigenvalue weighted by atomic mass is 32.2. The minimum Gasteiger partial charge on any atom is -0.327 e. The van der Waals surface area contributed by atoms with Gasteiger partial charge in [-0.1, -0.05) is 51.5 Å². The smallest absolute Gasteiger partial charge is 0.140 e. The van der Waals surface area contributed by atoms with Gasteiger partial charge in [0.25, 0.3) is 0 Å². The SMILES string of the molecule is CCCCn1c(CN(CCC(C)C)Cc2ccc(SC)cc2)cnc1-c1cccc(F)c1. The number of hydrogen-bond donors (Lipinski definition) is 0. The second kappa shape index (κ2) is 12.2. The summed E-state index contributed by atoms with van der Waals surface area (Å²) in [7, 11) is 0. The van der Waals surface area contributed by atoms with Gasteiger partial charge in [0.05, 0.1) is 11.9 Å². The third-order valence-corrected chi connectivity index (χ3v) is 6.47. The Morgan fingerprint density at radius 2 is 1.88 bits per heavy atom. The zero-order valence-corrected chi connectivity index (χ0v) is 20.7. The molecule has 32 heavy (non-hydrogen) atoms. The summed E-state index contributed by atoms with van der Waals surface area (Å²) in [5.74, 6) is 1.30. The Balaban J connectivity index is 1.86. The Morgan fingerprint density at radius 3 is 2.53 bits per heavy atom.